The number of carbonyl (C=O) groups is 1. The summed E-state index contributed by atoms with van der Waals surface area (Å²) in [5.41, 5.74) is 2.07. The topological polar surface area (TPSA) is 64.8 Å². The number of rotatable bonds is 6. The highest BCUT2D eigenvalue weighted by Crippen LogP contribution is 2.31. The molecule has 0 amide bonds. The van der Waals surface area contributed by atoms with Crippen molar-refractivity contribution in [3.8, 4) is 0 Å². The van der Waals surface area contributed by atoms with Crippen LogP contribution < -0.4 is 5.56 Å². The summed E-state index contributed by atoms with van der Waals surface area (Å²) < 4.78 is 2.22. The van der Waals surface area contributed by atoms with Crippen molar-refractivity contribution in [3.05, 3.63) is 99.4 Å². The lowest BCUT2D eigenvalue weighted by atomic mass is 10.1. The average molecular weight is 478 g/mol. The van der Waals surface area contributed by atoms with Gasteiger partial charge in [-0.2, -0.15) is 0 Å². The fourth-order valence-corrected chi connectivity index (χ4v) is 5.45. The van der Waals surface area contributed by atoms with Crippen molar-refractivity contribution in [2.45, 2.75) is 11.7 Å². The third-order valence-corrected chi connectivity index (χ3v) is 7.32. The van der Waals surface area contributed by atoms with Crippen molar-refractivity contribution in [1.82, 2.24) is 14.5 Å². The maximum Gasteiger partial charge on any atom is 0.272 e. The molecule has 0 aliphatic heterocycles. The molecule has 0 aliphatic rings. The van der Waals surface area contributed by atoms with Crippen LogP contribution in [0.5, 0.6) is 0 Å². The highest BCUT2D eigenvalue weighted by atomic mass is 35.5. The van der Waals surface area contributed by atoms with Gasteiger partial charge in [0.15, 0.2) is 10.9 Å². The summed E-state index contributed by atoms with van der Waals surface area (Å²) in [5, 5.41) is 1.94. The summed E-state index contributed by atoms with van der Waals surface area (Å²) in [6, 6.07) is 20.3. The molecular weight excluding hydrogens is 462 g/mol. The second-order valence-electron chi connectivity index (χ2n) is 7.13. The normalized spacial score (nSPS) is 11.3. The molecule has 2 aromatic carbocycles. The predicted molar refractivity (Wildman–Crippen MR) is 131 cm³/mol. The summed E-state index contributed by atoms with van der Waals surface area (Å²) in [6.07, 6.45) is 1.71. The van der Waals surface area contributed by atoms with Crippen LogP contribution in [0.15, 0.2) is 82.9 Å². The number of nitrogens with zero attached hydrogens (tertiary/aromatic N) is 3. The van der Waals surface area contributed by atoms with E-state index in [1.165, 1.54) is 23.1 Å². The van der Waals surface area contributed by atoms with E-state index in [1.807, 2.05) is 42.5 Å². The number of aromatic nitrogens is 3. The average Bonchev–Trinajstić information content (AvgIpc) is 3.19. The van der Waals surface area contributed by atoms with Crippen LogP contribution in [0.4, 0.5) is 0 Å². The standard InChI is InChI=1S/C24H16ClN3O2S2/c25-17-10-8-16(9-11-17)19(29)14-31-24-27-20-18-7-4-12-26-22(18)32-21(20)23(30)28(24)13-15-5-2-1-3-6-15/h1-12H,13-14H2. The van der Waals surface area contributed by atoms with Gasteiger partial charge in [0.25, 0.3) is 5.56 Å². The molecule has 8 heteroatoms. The van der Waals surface area contributed by atoms with E-state index in [1.54, 1.807) is 35.0 Å². The van der Waals surface area contributed by atoms with Crippen LogP contribution in [0, 0.1) is 0 Å². The Labute approximate surface area is 196 Å². The number of Topliss-reactive ketones (excluding diaryl/α,β-unsaturated/α-hetero) is 1. The number of carbonyl (C=O) groups excluding carboxylic acids is 1. The van der Waals surface area contributed by atoms with E-state index in [4.69, 9.17) is 16.6 Å². The van der Waals surface area contributed by atoms with Crippen molar-refractivity contribution in [3.63, 3.8) is 0 Å². The highest BCUT2D eigenvalue weighted by molar-refractivity contribution is 7.99. The Morgan fingerprint density at radius 1 is 1.03 bits per heavy atom. The van der Waals surface area contributed by atoms with Crippen LogP contribution in [-0.4, -0.2) is 26.1 Å². The second-order valence-corrected chi connectivity index (χ2v) is 9.50. The van der Waals surface area contributed by atoms with Gasteiger partial charge in [-0.3, -0.25) is 14.2 Å². The maximum absolute atomic E-state index is 13.5. The quantitative estimate of drug-likeness (QED) is 0.179. The number of hydrogen-bond donors (Lipinski definition) is 0. The lowest BCUT2D eigenvalue weighted by Crippen LogP contribution is -2.23. The van der Waals surface area contributed by atoms with E-state index in [2.05, 4.69) is 4.98 Å². The molecule has 0 radical (unpaired) electrons. The number of benzene rings is 2. The highest BCUT2D eigenvalue weighted by Gasteiger charge is 2.18. The predicted octanol–water partition coefficient (Wildman–Crippen LogP) is 5.68. The number of hydrogen-bond acceptors (Lipinski definition) is 6. The molecule has 5 aromatic rings. The van der Waals surface area contributed by atoms with Crippen molar-refractivity contribution < 1.29 is 4.79 Å². The first-order valence-corrected chi connectivity index (χ1v) is 12.0. The zero-order valence-electron chi connectivity index (χ0n) is 16.7. The molecule has 0 fully saturated rings. The number of thioether (sulfide) groups is 1. The molecule has 0 spiro atoms. The summed E-state index contributed by atoms with van der Waals surface area (Å²) in [7, 11) is 0. The minimum absolute atomic E-state index is 0.0517. The van der Waals surface area contributed by atoms with Gasteiger partial charge < -0.3 is 0 Å². The number of thiophene rings is 1. The molecule has 0 atom stereocenters. The van der Waals surface area contributed by atoms with Gasteiger partial charge in [-0.1, -0.05) is 53.7 Å². The van der Waals surface area contributed by atoms with Crippen LogP contribution in [0.3, 0.4) is 0 Å². The molecule has 0 unspecified atom stereocenters. The fraction of sp³-hybridized carbons (Fsp3) is 0.0833. The summed E-state index contributed by atoms with van der Waals surface area (Å²) in [5.74, 6) is 0.110. The van der Waals surface area contributed by atoms with Crippen molar-refractivity contribution in [2.24, 2.45) is 0 Å². The van der Waals surface area contributed by atoms with Crippen LogP contribution in [0.2, 0.25) is 5.02 Å². The lowest BCUT2D eigenvalue weighted by molar-refractivity contribution is 0.102. The van der Waals surface area contributed by atoms with Crippen LogP contribution >= 0.6 is 34.7 Å². The molecule has 0 bridgehead atoms. The van der Waals surface area contributed by atoms with Gasteiger partial charge in [-0.15, -0.1) is 11.3 Å². The molecule has 0 N–H and O–H groups in total. The summed E-state index contributed by atoms with van der Waals surface area (Å²) >= 11 is 8.54. The third-order valence-electron chi connectivity index (χ3n) is 5.00. The molecule has 3 heterocycles. The van der Waals surface area contributed by atoms with Crippen molar-refractivity contribution in [2.75, 3.05) is 5.75 Å². The Balaban J connectivity index is 1.57. The van der Waals surface area contributed by atoms with Gasteiger partial charge in [0.2, 0.25) is 0 Å². The number of pyridine rings is 1. The zero-order chi connectivity index (χ0) is 22.1. The summed E-state index contributed by atoms with van der Waals surface area (Å²) in [4.78, 5) is 36.2. The van der Waals surface area contributed by atoms with Crippen LogP contribution in [0.1, 0.15) is 15.9 Å². The molecule has 3 aromatic heterocycles. The minimum Gasteiger partial charge on any atom is -0.293 e. The SMILES string of the molecule is O=C(CSc1nc2c(sc3ncccc32)c(=O)n1Cc1ccccc1)c1ccc(Cl)cc1. The molecular formula is C24H16ClN3O2S2. The molecule has 0 saturated carbocycles. The Bertz CT molecular complexity index is 1500. The number of ketones is 1. The van der Waals surface area contributed by atoms with E-state index in [-0.39, 0.29) is 17.1 Å². The van der Waals surface area contributed by atoms with Gasteiger partial charge in [-0.25, -0.2) is 9.97 Å². The maximum atomic E-state index is 13.5. The van der Waals surface area contributed by atoms with E-state index in [0.29, 0.717) is 32.5 Å². The number of halogens is 1. The van der Waals surface area contributed by atoms with Crippen molar-refractivity contribution in [1.29, 1.82) is 0 Å². The van der Waals surface area contributed by atoms with Gasteiger partial charge in [-0.05, 0) is 42.0 Å². The van der Waals surface area contributed by atoms with Crippen LogP contribution in [-0.2, 0) is 6.54 Å². The first-order chi connectivity index (χ1) is 15.6. The Kier molecular flexibility index (Phi) is 5.78. The molecule has 5 rings (SSSR count). The van der Waals surface area contributed by atoms with E-state index in [0.717, 1.165) is 15.8 Å². The van der Waals surface area contributed by atoms with E-state index >= 15 is 0 Å². The first-order valence-electron chi connectivity index (χ1n) is 9.84. The minimum atomic E-state index is -0.122. The third kappa shape index (κ3) is 4.07. The molecule has 158 valence electrons. The van der Waals surface area contributed by atoms with Crippen molar-refractivity contribution >= 4 is 60.9 Å². The fourth-order valence-electron chi connectivity index (χ4n) is 3.41. The van der Waals surface area contributed by atoms with Gasteiger partial charge in [0, 0.05) is 22.2 Å². The van der Waals surface area contributed by atoms with Crippen LogP contribution in [0.25, 0.3) is 20.4 Å². The number of fused-ring (bicyclic) bond motifs is 3. The summed E-state index contributed by atoms with van der Waals surface area (Å²) in [6.45, 7) is 0.377. The van der Waals surface area contributed by atoms with E-state index in [9.17, 15) is 9.59 Å². The second kappa shape index (κ2) is 8.86. The van der Waals surface area contributed by atoms with Gasteiger partial charge in [0.1, 0.15) is 9.53 Å². The van der Waals surface area contributed by atoms with Gasteiger partial charge in [0.05, 0.1) is 17.8 Å². The largest absolute Gasteiger partial charge is 0.293 e. The first kappa shape index (κ1) is 20.9. The smallest absolute Gasteiger partial charge is 0.272 e. The molecule has 0 aliphatic carbocycles. The Hall–Kier alpha value is -3.00. The van der Waals surface area contributed by atoms with Gasteiger partial charge >= 0.3 is 0 Å². The zero-order valence-corrected chi connectivity index (χ0v) is 19.1. The lowest BCUT2D eigenvalue weighted by Gasteiger charge is -2.12. The molecule has 32 heavy (non-hydrogen) atoms. The molecule has 0 saturated heterocycles. The Morgan fingerprint density at radius 3 is 2.59 bits per heavy atom. The molecule has 5 nitrogen and oxygen atoms in total. The Morgan fingerprint density at radius 2 is 1.81 bits per heavy atom. The van der Waals surface area contributed by atoms with E-state index < -0.39 is 0 Å². The monoisotopic (exact) mass is 477 g/mol.